The van der Waals surface area contributed by atoms with Crippen LogP contribution in [0.15, 0.2) is 29.3 Å². The number of anilines is 1. The third kappa shape index (κ3) is 4.33. The van der Waals surface area contributed by atoms with Crippen LogP contribution in [0.4, 0.5) is 5.69 Å². The Morgan fingerprint density at radius 2 is 1.76 bits per heavy atom. The van der Waals surface area contributed by atoms with E-state index in [1.165, 1.54) is 23.6 Å². The summed E-state index contributed by atoms with van der Waals surface area (Å²) in [5.74, 6) is 1.22. The van der Waals surface area contributed by atoms with Crippen molar-refractivity contribution in [2.45, 2.75) is 56.9 Å². The fourth-order valence-electron chi connectivity index (χ4n) is 4.64. The zero-order valence-electron chi connectivity index (χ0n) is 16.8. The second-order valence-corrected chi connectivity index (χ2v) is 10.6. The minimum atomic E-state index is -3.37. The van der Waals surface area contributed by atoms with E-state index >= 15 is 0 Å². The molecule has 1 amide bonds. The smallest absolute Gasteiger partial charge is 0.253 e. The number of rotatable bonds is 5. The van der Waals surface area contributed by atoms with Crippen molar-refractivity contribution >= 4 is 27.5 Å². The van der Waals surface area contributed by atoms with Gasteiger partial charge in [-0.3, -0.25) is 9.79 Å². The minimum Gasteiger partial charge on any atom is -0.399 e. The average Bonchev–Trinajstić information content (AvgIpc) is 3.04. The van der Waals surface area contributed by atoms with Gasteiger partial charge < -0.3 is 11.1 Å². The molecule has 8 heteroatoms. The number of hydrogen-bond acceptors (Lipinski definition) is 5. The molecule has 1 saturated heterocycles. The van der Waals surface area contributed by atoms with Crippen LogP contribution in [0.3, 0.4) is 0 Å². The van der Waals surface area contributed by atoms with Crippen molar-refractivity contribution in [3.05, 3.63) is 29.8 Å². The molecule has 3 aliphatic rings. The monoisotopic (exact) mass is 418 g/mol. The zero-order valence-corrected chi connectivity index (χ0v) is 17.6. The number of aliphatic imine (C=N–C) groups is 1. The largest absolute Gasteiger partial charge is 0.399 e. The van der Waals surface area contributed by atoms with Crippen molar-refractivity contribution in [1.82, 2.24) is 9.62 Å². The molecule has 2 aliphatic heterocycles. The molecule has 2 heterocycles. The van der Waals surface area contributed by atoms with Gasteiger partial charge in [-0.25, -0.2) is 12.7 Å². The maximum absolute atomic E-state index is 12.8. The number of sulfonamides is 1. The standard InChI is InChI=1S/C21H30N4O3S/c22-18-8-6-16(7-9-18)10-15-29(27,28)25-13-11-21(12-14-25)20(26)23-19(24-21)17-4-2-1-3-5-17/h6-9,17H,1-5,10-15,22H2,(H,23,24,26). The van der Waals surface area contributed by atoms with Crippen LogP contribution in [-0.4, -0.2) is 48.8 Å². The van der Waals surface area contributed by atoms with Gasteiger partial charge in [-0.1, -0.05) is 31.4 Å². The number of nitrogens with two attached hydrogens (primary N) is 1. The second kappa shape index (κ2) is 8.07. The molecule has 7 nitrogen and oxygen atoms in total. The Balaban J connectivity index is 1.37. The summed E-state index contributed by atoms with van der Waals surface area (Å²) in [5.41, 5.74) is 6.53. The van der Waals surface area contributed by atoms with Gasteiger partial charge >= 0.3 is 0 Å². The molecule has 1 spiro atoms. The van der Waals surface area contributed by atoms with Crippen LogP contribution in [0.5, 0.6) is 0 Å². The Labute approximate surface area is 172 Å². The van der Waals surface area contributed by atoms with Crippen molar-refractivity contribution in [2.24, 2.45) is 10.9 Å². The van der Waals surface area contributed by atoms with E-state index in [2.05, 4.69) is 5.32 Å². The van der Waals surface area contributed by atoms with E-state index in [9.17, 15) is 13.2 Å². The van der Waals surface area contributed by atoms with Crippen LogP contribution >= 0.6 is 0 Å². The van der Waals surface area contributed by atoms with E-state index in [4.69, 9.17) is 10.7 Å². The van der Waals surface area contributed by atoms with Gasteiger partial charge in [0.1, 0.15) is 11.4 Å². The molecule has 0 unspecified atom stereocenters. The first-order valence-corrected chi connectivity index (χ1v) is 12.2. The molecular formula is C21H30N4O3S. The number of amidine groups is 1. The molecule has 2 fully saturated rings. The van der Waals surface area contributed by atoms with Crippen LogP contribution in [0.25, 0.3) is 0 Å². The number of nitrogen functional groups attached to an aromatic ring is 1. The third-order valence-corrected chi connectivity index (χ3v) is 8.43. The molecule has 0 bridgehead atoms. The number of carbonyl (C=O) groups is 1. The Bertz CT molecular complexity index is 881. The van der Waals surface area contributed by atoms with Gasteiger partial charge in [-0.05, 0) is 49.8 Å². The van der Waals surface area contributed by atoms with Gasteiger partial charge in [0, 0.05) is 24.7 Å². The first-order valence-electron chi connectivity index (χ1n) is 10.6. The maximum Gasteiger partial charge on any atom is 0.253 e. The number of benzene rings is 1. The number of hydrogen-bond donors (Lipinski definition) is 2. The Morgan fingerprint density at radius 3 is 2.41 bits per heavy atom. The van der Waals surface area contributed by atoms with Gasteiger partial charge in [0.25, 0.3) is 5.91 Å². The third-order valence-electron chi connectivity index (χ3n) is 6.56. The van der Waals surface area contributed by atoms with Crippen molar-refractivity contribution < 1.29 is 13.2 Å². The van der Waals surface area contributed by atoms with Gasteiger partial charge in [0.15, 0.2) is 0 Å². The van der Waals surface area contributed by atoms with Crippen LogP contribution in [0.2, 0.25) is 0 Å². The number of nitrogens with zero attached hydrogens (tertiary/aromatic N) is 2. The zero-order chi connectivity index (χ0) is 20.5. The SMILES string of the molecule is Nc1ccc(CCS(=O)(=O)N2CCC3(CC2)N=C(C2CCCCC2)NC3=O)cc1. The second-order valence-electron chi connectivity index (χ2n) is 8.52. The van der Waals surface area contributed by atoms with E-state index in [1.54, 1.807) is 12.1 Å². The normalized spacial score (nSPS) is 23.2. The molecule has 4 rings (SSSR count). The Morgan fingerprint density at radius 1 is 1.10 bits per heavy atom. The van der Waals surface area contributed by atoms with E-state index < -0.39 is 15.6 Å². The molecule has 1 aliphatic carbocycles. The molecule has 3 N–H and O–H groups in total. The number of carbonyl (C=O) groups excluding carboxylic acids is 1. The highest BCUT2D eigenvalue weighted by Gasteiger charge is 2.48. The lowest BCUT2D eigenvalue weighted by Gasteiger charge is -2.34. The summed E-state index contributed by atoms with van der Waals surface area (Å²) in [6.45, 7) is 0.692. The first kappa shape index (κ1) is 20.3. The quantitative estimate of drug-likeness (QED) is 0.714. The molecule has 1 aromatic carbocycles. The molecule has 29 heavy (non-hydrogen) atoms. The van der Waals surface area contributed by atoms with E-state index in [0.717, 1.165) is 24.2 Å². The van der Waals surface area contributed by atoms with E-state index in [-0.39, 0.29) is 11.7 Å². The molecule has 0 radical (unpaired) electrons. The van der Waals surface area contributed by atoms with E-state index in [1.807, 2.05) is 12.1 Å². The molecule has 0 atom stereocenters. The summed E-state index contributed by atoms with van der Waals surface area (Å²) in [5, 5.41) is 3.02. The predicted octanol–water partition coefficient (Wildman–Crippen LogP) is 2.08. The lowest BCUT2D eigenvalue weighted by molar-refractivity contribution is -0.125. The molecule has 158 valence electrons. The van der Waals surface area contributed by atoms with E-state index in [0.29, 0.717) is 44.0 Å². The highest BCUT2D eigenvalue weighted by molar-refractivity contribution is 7.89. The van der Waals surface area contributed by atoms with Gasteiger partial charge in [-0.2, -0.15) is 0 Å². The lowest BCUT2D eigenvalue weighted by atomic mass is 9.88. The highest BCUT2D eigenvalue weighted by Crippen LogP contribution is 2.34. The summed E-state index contributed by atoms with van der Waals surface area (Å²) < 4.78 is 27.1. The van der Waals surface area contributed by atoms with Gasteiger partial charge in [-0.15, -0.1) is 0 Å². The molecule has 1 saturated carbocycles. The van der Waals surface area contributed by atoms with Crippen LogP contribution in [-0.2, 0) is 21.2 Å². The van der Waals surface area contributed by atoms with Crippen molar-refractivity contribution in [1.29, 1.82) is 0 Å². The summed E-state index contributed by atoms with van der Waals surface area (Å²) >= 11 is 0. The average molecular weight is 419 g/mol. The number of amides is 1. The van der Waals surface area contributed by atoms with Crippen LogP contribution in [0, 0.1) is 5.92 Å². The first-order chi connectivity index (χ1) is 13.9. The fourth-order valence-corrected chi connectivity index (χ4v) is 6.14. The highest BCUT2D eigenvalue weighted by atomic mass is 32.2. The minimum absolute atomic E-state index is 0.0444. The molecular weight excluding hydrogens is 388 g/mol. The number of nitrogens with one attached hydrogen (secondary N) is 1. The topological polar surface area (TPSA) is 105 Å². The van der Waals surface area contributed by atoms with Gasteiger partial charge in [0.2, 0.25) is 10.0 Å². The molecule has 1 aromatic rings. The molecule has 0 aromatic heterocycles. The predicted molar refractivity (Wildman–Crippen MR) is 114 cm³/mol. The summed E-state index contributed by atoms with van der Waals surface area (Å²) in [7, 11) is -3.37. The Hall–Kier alpha value is -1.93. The lowest BCUT2D eigenvalue weighted by Crippen LogP contribution is -2.51. The van der Waals surface area contributed by atoms with Crippen LogP contribution in [0.1, 0.15) is 50.5 Å². The maximum atomic E-state index is 12.8. The fraction of sp³-hybridized carbons (Fsp3) is 0.619. The van der Waals surface area contributed by atoms with Gasteiger partial charge in [0.05, 0.1) is 5.75 Å². The summed E-state index contributed by atoms with van der Waals surface area (Å²) in [4.78, 5) is 17.5. The van der Waals surface area contributed by atoms with Crippen molar-refractivity contribution in [2.75, 3.05) is 24.6 Å². The van der Waals surface area contributed by atoms with Crippen LogP contribution < -0.4 is 11.1 Å². The summed E-state index contributed by atoms with van der Waals surface area (Å²) in [6, 6.07) is 7.29. The number of piperidine rings is 1. The number of aryl methyl sites for hydroxylation is 1. The Kier molecular flexibility index (Phi) is 5.66. The summed E-state index contributed by atoms with van der Waals surface area (Å²) in [6.07, 6.45) is 7.16. The van der Waals surface area contributed by atoms with Crippen molar-refractivity contribution in [3.8, 4) is 0 Å². The van der Waals surface area contributed by atoms with Crippen molar-refractivity contribution in [3.63, 3.8) is 0 Å².